The monoisotopic (exact) mass is 266 g/mol. The number of amides is 1. The summed E-state index contributed by atoms with van der Waals surface area (Å²) in [6, 6.07) is 4.13. The number of carboxylic acid groups (broad SMARTS) is 1. The highest BCUT2D eigenvalue weighted by molar-refractivity contribution is 5.80. The molecule has 1 rings (SSSR count). The van der Waals surface area contributed by atoms with Crippen LogP contribution in [0.5, 0.6) is 0 Å². The molecular formula is C13H18N2O4. The lowest BCUT2D eigenvalue weighted by atomic mass is 10.1. The summed E-state index contributed by atoms with van der Waals surface area (Å²) in [6.07, 6.45) is 0.924. The number of hydrogen-bond acceptors (Lipinski definition) is 4. The van der Waals surface area contributed by atoms with Gasteiger partial charge in [-0.25, -0.2) is 9.59 Å². The van der Waals surface area contributed by atoms with Gasteiger partial charge in [-0.2, -0.15) is 0 Å². The van der Waals surface area contributed by atoms with Crippen molar-refractivity contribution in [3.8, 4) is 0 Å². The van der Waals surface area contributed by atoms with Crippen LogP contribution in [0.25, 0.3) is 0 Å². The maximum Gasteiger partial charge on any atom is 0.408 e. The second-order valence-electron chi connectivity index (χ2n) is 5.06. The SMILES string of the molecule is CC(C)(C)OC(=O)NC(Cc1ccccn1)C(=O)O. The van der Waals surface area contributed by atoms with E-state index in [1.165, 1.54) is 0 Å². The van der Waals surface area contributed by atoms with Gasteiger partial charge in [0.25, 0.3) is 0 Å². The Labute approximate surface area is 111 Å². The topological polar surface area (TPSA) is 88.5 Å². The standard InChI is InChI=1S/C13H18N2O4/c1-13(2,3)19-12(18)15-10(11(16)17)8-9-6-4-5-7-14-9/h4-7,10H,8H2,1-3H3,(H,15,18)(H,16,17). The number of carboxylic acids is 1. The molecule has 104 valence electrons. The molecule has 1 aromatic rings. The quantitative estimate of drug-likeness (QED) is 0.864. The second kappa shape index (κ2) is 6.17. The van der Waals surface area contributed by atoms with Crippen LogP contribution < -0.4 is 5.32 Å². The molecule has 1 amide bonds. The first-order valence-corrected chi connectivity index (χ1v) is 5.90. The smallest absolute Gasteiger partial charge is 0.408 e. The lowest BCUT2D eigenvalue weighted by Crippen LogP contribution is -2.44. The Morgan fingerprint density at radius 3 is 2.58 bits per heavy atom. The van der Waals surface area contributed by atoms with Gasteiger partial charge in [-0.1, -0.05) is 6.07 Å². The van der Waals surface area contributed by atoms with Crippen LogP contribution in [0.1, 0.15) is 26.5 Å². The van der Waals surface area contributed by atoms with E-state index < -0.39 is 23.7 Å². The minimum atomic E-state index is -1.13. The van der Waals surface area contributed by atoms with Crippen LogP contribution in [0.4, 0.5) is 4.79 Å². The fraction of sp³-hybridized carbons (Fsp3) is 0.462. The summed E-state index contributed by atoms with van der Waals surface area (Å²) in [5.41, 5.74) is -0.0797. The van der Waals surface area contributed by atoms with Crippen LogP contribution in [0.15, 0.2) is 24.4 Å². The van der Waals surface area contributed by atoms with E-state index >= 15 is 0 Å². The highest BCUT2D eigenvalue weighted by Gasteiger charge is 2.24. The normalized spacial score (nSPS) is 12.6. The summed E-state index contributed by atoms with van der Waals surface area (Å²) in [5.74, 6) is -1.13. The number of carbonyl (C=O) groups is 2. The molecule has 0 aliphatic carbocycles. The van der Waals surface area contributed by atoms with Gasteiger partial charge in [0.1, 0.15) is 11.6 Å². The fourth-order valence-electron chi connectivity index (χ4n) is 1.38. The Hall–Kier alpha value is -2.11. The van der Waals surface area contributed by atoms with Gasteiger partial charge in [-0.05, 0) is 32.9 Å². The Bertz CT molecular complexity index is 440. The molecule has 1 unspecified atom stereocenters. The van der Waals surface area contributed by atoms with Crippen molar-refractivity contribution in [1.82, 2.24) is 10.3 Å². The fourth-order valence-corrected chi connectivity index (χ4v) is 1.38. The zero-order valence-corrected chi connectivity index (χ0v) is 11.2. The van der Waals surface area contributed by atoms with E-state index in [9.17, 15) is 9.59 Å². The zero-order chi connectivity index (χ0) is 14.5. The lowest BCUT2D eigenvalue weighted by Gasteiger charge is -2.21. The summed E-state index contributed by atoms with van der Waals surface area (Å²) >= 11 is 0. The summed E-state index contributed by atoms with van der Waals surface area (Å²) in [6.45, 7) is 5.13. The third-order valence-electron chi connectivity index (χ3n) is 2.13. The maximum atomic E-state index is 11.5. The molecule has 0 aliphatic rings. The van der Waals surface area contributed by atoms with Gasteiger partial charge in [-0.15, -0.1) is 0 Å². The van der Waals surface area contributed by atoms with Crippen LogP contribution in [-0.2, 0) is 16.0 Å². The summed E-state index contributed by atoms with van der Waals surface area (Å²) in [4.78, 5) is 26.7. The first-order chi connectivity index (χ1) is 8.78. The predicted octanol–water partition coefficient (Wildman–Crippen LogP) is 1.60. The Balaban J connectivity index is 2.64. The molecule has 0 fully saturated rings. The third kappa shape index (κ3) is 5.85. The summed E-state index contributed by atoms with van der Waals surface area (Å²) in [5, 5.41) is 11.4. The van der Waals surface area contributed by atoms with E-state index in [-0.39, 0.29) is 6.42 Å². The number of alkyl carbamates (subject to hydrolysis) is 1. The third-order valence-corrected chi connectivity index (χ3v) is 2.13. The molecular weight excluding hydrogens is 248 g/mol. The van der Waals surface area contributed by atoms with Crippen molar-refractivity contribution in [3.63, 3.8) is 0 Å². The first kappa shape index (κ1) is 14.9. The highest BCUT2D eigenvalue weighted by Crippen LogP contribution is 2.07. The van der Waals surface area contributed by atoms with Gasteiger partial charge in [0, 0.05) is 18.3 Å². The second-order valence-corrected chi connectivity index (χ2v) is 5.06. The number of pyridine rings is 1. The van der Waals surface area contributed by atoms with Crippen molar-refractivity contribution >= 4 is 12.1 Å². The van der Waals surface area contributed by atoms with E-state index in [1.807, 2.05) is 0 Å². The van der Waals surface area contributed by atoms with Crippen LogP contribution >= 0.6 is 0 Å². The van der Waals surface area contributed by atoms with E-state index in [2.05, 4.69) is 10.3 Å². The van der Waals surface area contributed by atoms with Crippen LogP contribution in [0.2, 0.25) is 0 Å². The number of ether oxygens (including phenoxy) is 1. The molecule has 0 bridgehead atoms. The molecule has 0 spiro atoms. The zero-order valence-electron chi connectivity index (χ0n) is 11.2. The van der Waals surface area contributed by atoms with E-state index in [1.54, 1.807) is 45.2 Å². The number of hydrogen-bond donors (Lipinski definition) is 2. The number of nitrogens with zero attached hydrogens (tertiary/aromatic N) is 1. The number of aromatic nitrogens is 1. The molecule has 0 aromatic carbocycles. The van der Waals surface area contributed by atoms with Crippen molar-refractivity contribution in [2.24, 2.45) is 0 Å². The average Bonchev–Trinajstić information content (AvgIpc) is 2.26. The molecule has 0 radical (unpaired) electrons. The maximum absolute atomic E-state index is 11.5. The van der Waals surface area contributed by atoms with Crippen molar-refractivity contribution in [2.75, 3.05) is 0 Å². The minimum Gasteiger partial charge on any atom is -0.480 e. The molecule has 2 N–H and O–H groups in total. The summed E-state index contributed by atoms with van der Waals surface area (Å²) < 4.78 is 5.02. The number of aliphatic carboxylic acids is 1. The van der Waals surface area contributed by atoms with E-state index in [0.717, 1.165) is 0 Å². The Morgan fingerprint density at radius 2 is 2.11 bits per heavy atom. The van der Waals surface area contributed by atoms with Gasteiger partial charge in [0.15, 0.2) is 0 Å². The molecule has 19 heavy (non-hydrogen) atoms. The van der Waals surface area contributed by atoms with E-state index in [0.29, 0.717) is 5.69 Å². The molecule has 0 saturated heterocycles. The van der Waals surface area contributed by atoms with Gasteiger partial charge in [-0.3, -0.25) is 4.98 Å². The first-order valence-electron chi connectivity index (χ1n) is 5.90. The number of carbonyl (C=O) groups excluding carboxylic acids is 1. The van der Waals surface area contributed by atoms with Gasteiger partial charge >= 0.3 is 12.1 Å². The van der Waals surface area contributed by atoms with Crippen LogP contribution in [-0.4, -0.2) is 33.8 Å². The van der Waals surface area contributed by atoms with Crippen molar-refractivity contribution in [3.05, 3.63) is 30.1 Å². The molecule has 1 atom stereocenters. The van der Waals surface area contributed by atoms with Crippen molar-refractivity contribution in [2.45, 2.75) is 38.8 Å². The minimum absolute atomic E-state index is 0.107. The number of rotatable bonds is 4. The molecule has 1 heterocycles. The summed E-state index contributed by atoms with van der Waals surface area (Å²) in [7, 11) is 0. The van der Waals surface area contributed by atoms with Crippen LogP contribution in [0.3, 0.4) is 0 Å². The van der Waals surface area contributed by atoms with Gasteiger partial charge in [0.2, 0.25) is 0 Å². The lowest BCUT2D eigenvalue weighted by molar-refractivity contribution is -0.139. The molecule has 6 heteroatoms. The number of nitrogens with one attached hydrogen (secondary N) is 1. The largest absolute Gasteiger partial charge is 0.480 e. The molecule has 0 aliphatic heterocycles. The van der Waals surface area contributed by atoms with Crippen molar-refractivity contribution in [1.29, 1.82) is 0 Å². The molecule has 0 saturated carbocycles. The molecule has 6 nitrogen and oxygen atoms in total. The van der Waals surface area contributed by atoms with Gasteiger partial charge in [0.05, 0.1) is 0 Å². The Morgan fingerprint density at radius 1 is 1.42 bits per heavy atom. The predicted molar refractivity (Wildman–Crippen MR) is 68.7 cm³/mol. The van der Waals surface area contributed by atoms with Crippen molar-refractivity contribution < 1.29 is 19.4 Å². The van der Waals surface area contributed by atoms with Gasteiger partial charge < -0.3 is 15.2 Å². The Kier molecular flexibility index (Phi) is 4.86. The van der Waals surface area contributed by atoms with Crippen LogP contribution in [0, 0.1) is 0 Å². The average molecular weight is 266 g/mol. The van der Waals surface area contributed by atoms with E-state index in [4.69, 9.17) is 9.84 Å². The highest BCUT2D eigenvalue weighted by atomic mass is 16.6. The molecule has 1 aromatic heterocycles.